The lowest BCUT2D eigenvalue weighted by Crippen LogP contribution is -2.40. The number of carbonyl (C=O) groups excluding carboxylic acids is 1. The average molecular weight is 508 g/mol. The number of rotatable bonds is 7. The van der Waals surface area contributed by atoms with Gasteiger partial charge in [-0.25, -0.2) is 4.98 Å². The van der Waals surface area contributed by atoms with Crippen molar-refractivity contribution in [3.8, 4) is 17.2 Å². The fraction of sp³-hybridized carbons (Fsp3) is 0.259. The Morgan fingerprint density at radius 2 is 1.78 bits per heavy atom. The van der Waals surface area contributed by atoms with Crippen molar-refractivity contribution in [2.45, 2.75) is 32.5 Å². The monoisotopic (exact) mass is 507 g/mol. The van der Waals surface area contributed by atoms with Crippen LogP contribution in [-0.4, -0.2) is 34.6 Å². The van der Waals surface area contributed by atoms with Gasteiger partial charge in [0, 0.05) is 29.1 Å². The van der Waals surface area contributed by atoms with E-state index in [0.29, 0.717) is 21.9 Å². The van der Waals surface area contributed by atoms with Crippen LogP contribution in [-0.2, 0) is 0 Å². The van der Waals surface area contributed by atoms with Gasteiger partial charge in [-0.05, 0) is 41.3 Å². The van der Waals surface area contributed by atoms with Gasteiger partial charge in [0.05, 0.1) is 23.4 Å². The second-order valence-corrected chi connectivity index (χ2v) is 8.94. The quantitative estimate of drug-likeness (QED) is 0.230. The molecule has 0 fully saturated rings. The number of nitrogens with zero attached hydrogens (tertiary/aromatic N) is 2. The molecule has 0 aliphatic heterocycles. The van der Waals surface area contributed by atoms with Gasteiger partial charge in [-0.15, -0.1) is 0 Å². The average Bonchev–Trinajstić information content (AvgIpc) is 2.86. The number of nitriles is 1. The van der Waals surface area contributed by atoms with Gasteiger partial charge in [-0.2, -0.15) is 18.4 Å². The first kappa shape index (κ1) is 25.7. The van der Waals surface area contributed by atoms with Crippen LogP contribution in [0.25, 0.3) is 32.8 Å². The van der Waals surface area contributed by atoms with Crippen molar-refractivity contribution in [3.05, 3.63) is 70.6 Å². The molecule has 3 N–H and O–H groups in total. The van der Waals surface area contributed by atoms with Gasteiger partial charge in [0.2, 0.25) is 0 Å². The van der Waals surface area contributed by atoms with Crippen molar-refractivity contribution in [2.24, 2.45) is 5.92 Å². The Balaban J connectivity index is 1.80. The third-order valence-electron chi connectivity index (χ3n) is 6.03. The molecule has 37 heavy (non-hydrogen) atoms. The summed E-state index contributed by atoms with van der Waals surface area (Å²) < 4.78 is 41.1. The predicted octanol–water partition coefficient (Wildman–Crippen LogP) is 5.39. The molecule has 2 heterocycles. The van der Waals surface area contributed by atoms with Gasteiger partial charge < -0.3 is 15.6 Å². The highest BCUT2D eigenvalue weighted by atomic mass is 19.4. The number of aromatic nitrogens is 2. The number of hydrogen-bond acceptors (Lipinski definition) is 5. The number of alkyl halides is 3. The molecule has 0 saturated carbocycles. The second kappa shape index (κ2) is 10.3. The maximum atomic E-state index is 13.7. The molecule has 10 heteroatoms. The molecule has 0 saturated heterocycles. The van der Waals surface area contributed by atoms with Crippen molar-refractivity contribution in [3.63, 3.8) is 0 Å². The third-order valence-corrected chi connectivity index (χ3v) is 6.03. The molecule has 4 rings (SSSR count). The summed E-state index contributed by atoms with van der Waals surface area (Å²) in [5.74, 6) is -1.01. The van der Waals surface area contributed by atoms with E-state index in [1.807, 2.05) is 6.07 Å². The van der Waals surface area contributed by atoms with Gasteiger partial charge >= 0.3 is 6.18 Å². The Kier molecular flexibility index (Phi) is 7.16. The molecule has 2 aromatic carbocycles. The van der Waals surface area contributed by atoms with Crippen LogP contribution in [0.1, 0.15) is 30.6 Å². The van der Waals surface area contributed by atoms with Crippen LogP contribution in [0.5, 0.6) is 0 Å². The lowest BCUT2D eigenvalue weighted by Gasteiger charge is -2.26. The van der Waals surface area contributed by atoms with Crippen LogP contribution >= 0.6 is 0 Å². The lowest BCUT2D eigenvalue weighted by atomic mass is 9.98. The Morgan fingerprint density at radius 3 is 2.43 bits per heavy atom. The van der Waals surface area contributed by atoms with E-state index < -0.39 is 23.7 Å². The van der Waals surface area contributed by atoms with E-state index >= 15 is 0 Å². The van der Waals surface area contributed by atoms with Gasteiger partial charge in [0.15, 0.2) is 0 Å². The number of halogens is 3. The normalized spacial score (nSPS) is 12.5. The Labute approximate surface area is 210 Å². The van der Waals surface area contributed by atoms with Crippen LogP contribution in [0.2, 0.25) is 0 Å². The van der Waals surface area contributed by atoms with Gasteiger partial charge in [0.1, 0.15) is 11.9 Å². The minimum atomic E-state index is -4.49. The fourth-order valence-corrected chi connectivity index (χ4v) is 4.17. The molecule has 0 radical (unpaired) electrons. The minimum absolute atomic E-state index is 0.0417. The number of benzene rings is 2. The van der Waals surface area contributed by atoms with E-state index in [4.69, 9.17) is 5.26 Å². The van der Waals surface area contributed by atoms with Gasteiger partial charge in [-0.1, -0.05) is 38.1 Å². The van der Waals surface area contributed by atoms with Crippen molar-refractivity contribution in [1.82, 2.24) is 15.3 Å². The Morgan fingerprint density at radius 1 is 1.08 bits per heavy atom. The molecular formula is C27H24F3N5O2. The predicted molar refractivity (Wildman–Crippen MR) is 136 cm³/mol. The largest absolute Gasteiger partial charge is 0.408 e. The molecule has 0 aliphatic rings. The van der Waals surface area contributed by atoms with Crippen LogP contribution in [0.4, 0.5) is 19.0 Å². The Bertz CT molecular complexity index is 1550. The zero-order chi connectivity index (χ0) is 26.7. The molecule has 1 atom stereocenters. The first-order valence-electron chi connectivity index (χ1n) is 11.6. The summed E-state index contributed by atoms with van der Waals surface area (Å²) >= 11 is 0. The summed E-state index contributed by atoms with van der Waals surface area (Å²) in [5.41, 5.74) is 1.75. The molecule has 7 nitrogen and oxygen atoms in total. The number of H-pyrrole nitrogens is 1. The summed E-state index contributed by atoms with van der Waals surface area (Å²) in [4.78, 5) is 31.9. The van der Waals surface area contributed by atoms with Crippen molar-refractivity contribution in [1.29, 1.82) is 5.26 Å². The molecule has 0 aliphatic carbocycles. The van der Waals surface area contributed by atoms with Crippen LogP contribution in [0.15, 0.2) is 59.5 Å². The molecule has 2 aromatic heterocycles. The van der Waals surface area contributed by atoms with Crippen molar-refractivity contribution >= 4 is 33.4 Å². The highest BCUT2D eigenvalue weighted by molar-refractivity contribution is 6.11. The number of pyridine rings is 2. The zero-order valence-electron chi connectivity index (χ0n) is 20.1. The van der Waals surface area contributed by atoms with E-state index in [-0.39, 0.29) is 35.6 Å². The van der Waals surface area contributed by atoms with Crippen LogP contribution in [0.3, 0.4) is 0 Å². The summed E-state index contributed by atoms with van der Waals surface area (Å²) in [7, 11) is 0. The topological polar surface area (TPSA) is 111 Å². The number of anilines is 1. The smallest absolute Gasteiger partial charge is 0.358 e. The van der Waals surface area contributed by atoms with Crippen LogP contribution in [0, 0.1) is 17.2 Å². The molecule has 190 valence electrons. The number of carbonyl (C=O) groups is 1. The fourth-order valence-electron chi connectivity index (χ4n) is 4.17. The second-order valence-electron chi connectivity index (χ2n) is 8.94. The maximum Gasteiger partial charge on any atom is 0.408 e. The lowest BCUT2D eigenvalue weighted by molar-refractivity contribution is -0.150. The highest BCUT2D eigenvalue weighted by Crippen LogP contribution is 2.35. The summed E-state index contributed by atoms with van der Waals surface area (Å²) in [6, 6.07) is 13.6. The van der Waals surface area contributed by atoms with E-state index in [1.54, 1.807) is 48.5 Å². The SMILES string of the molecule is CC(C)C(Nc1nc2cc[nH]c(=O)c2c2cc(-c3ccc(C(=O)NCCC#N)cc3)ccc12)C(F)(F)F. The number of nitrogens with one attached hydrogen (secondary N) is 3. The third kappa shape index (κ3) is 5.40. The van der Waals surface area contributed by atoms with Crippen molar-refractivity contribution < 1.29 is 18.0 Å². The molecule has 0 spiro atoms. The van der Waals surface area contributed by atoms with E-state index in [0.717, 1.165) is 5.56 Å². The Hall–Kier alpha value is -4.39. The molecule has 0 bridgehead atoms. The van der Waals surface area contributed by atoms with E-state index in [1.165, 1.54) is 20.0 Å². The first-order chi connectivity index (χ1) is 17.6. The number of hydrogen-bond donors (Lipinski definition) is 3. The first-order valence-corrected chi connectivity index (χ1v) is 11.6. The van der Waals surface area contributed by atoms with Crippen molar-refractivity contribution in [2.75, 3.05) is 11.9 Å². The summed E-state index contributed by atoms with van der Waals surface area (Å²) in [6.45, 7) is 3.20. The minimum Gasteiger partial charge on any atom is -0.358 e. The van der Waals surface area contributed by atoms with Gasteiger partial charge in [0.25, 0.3) is 11.5 Å². The standard InChI is InChI=1S/C27H24F3N5O2/c1-15(2)23(27(28,29)30)35-24-19-9-8-18(14-20(19)22-21(34-24)10-13-33-26(22)37)16-4-6-17(7-5-16)25(36)32-12-3-11-31/h4-10,13-15,23H,3,12H2,1-2H3,(H,32,36)(H,33,37)(H,34,35). The highest BCUT2D eigenvalue weighted by Gasteiger charge is 2.42. The number of amides is 1. The molecule has 1 unspecified atom stereocenters. The zero-order valence-corrected chi connectivity index (χ0v) is 20.1. The molecule has 4 aromatic rings. The number of aromatic amines is 1. The molecular weight excluding hydrogens is 483 g/mol. The van der Waals surface area contributed by atoms with E-state index in [2.05, 4.69) is 20.6 Å². The van der Waals surface area contributed by atoms with Gasteiger partial charge in [-0.3, -0.25) is 9.59 Å². The summed E-state index contributed by atoms with van der Waals surface area (Å²) in [5, 5.41) is 14.9. The summed E-state index contributed by atoms with van der Waals surface area (Å²) in [6.07, 6.45) is -2.88. The van der Waals surface area contributed by atoms with Crippen LogP contribution < -0.4 is 16.2 Å². The number of fused-ring (bicyclic) bond motifs is 3. The maximum absolute atomic E-state index is 13.7. The molecule has 1 amide bonds. The van der Waals surface area contributed by atoms with E-state index in [9.17, 15) is 22.8 Å².